The van der Waals surface area contributed by atoms with Crippen LogP contribution in [0.2, 0.25) is 12.6 Å². The van der Waals surface area contributed by atoms with E-state index in [1.54, 1.807) is 0 Å². The van der Waals surface area contributed by atoms with Crippen molar-refractivity contribution in [1.29, 1.82) is 0 Å². The Balaban J connectivity index is 1.54. The lowest BCUT2D eigenvalue weighted by Crippen LogP contribution is -2.18. The van der Waals surface area contributed by atoms with Crippen LogP contribution in [0.25, 0.3) is 0 Å². The lowest BCUT2D eigenvalue weighted by atomic mass is 9.90. The maximum atomic E-state index is 5.66. The minimum atomic E-state index is 0.213. The number of epoxide rings is 1. The molecule has 0 aromatic heterocycles. The van der Waals surface area contributed by atoms with Crippen LogP contribution < -0.4 is 0 Å². The number of hydrogen-bond donors (Lipinski definition) is 0. The number of fused-ring (bicyclic) bond motifs is 1. The quantitative estimate of drug-likeness (QED) is 0.378. The molecule has 76 valence electrons. The lowest BCUT2D eigenvalue weighted by Gasteiger charge is -2.18. The molecule has 3 atom stereocenters. The second-order valence-corrected chi connectivity index (χ2v) is 6.03. The van der Waals surface area contributed by atoms with Gasteiger partial charge in [-0.25, -0.2) is 0 Å². The summed E-state index contributed by atoms with van der Waals surface area (Å²) in [6.07, 6.45) is 5.11. The van der Waals surface area contributed by atoms with Crippen LogP contribution in [0.15, 0.2) is 0 Å². The fourth-order valence-corrected chi connectivity index (χ4v) is 2.63. The van der Waals surface area contributed by atoms with Crippen LogP contribution in [-0.2, 0) is 9.47 Å². The van der Waals surface area contributed by atoms with Gasteiger partial charge in [-0.15, -0.1) is 0 Å². The first-order valence-electron chi connectivity index (χ1n) is 5.63. The van der Waals surface area contributed by atoms with Gasteiger partial charge in [-0.2, -0.15) is 0 Å². The highest BCUT2D eigenvalue weighted by molar-refractivity contribution is 6.33. The summed E-state index contributed by atoms with van der Waals surface area (Å²) in [7, 11) is 0.213. The molecule has 0 radical (unpaired) electrons. The van der Waals surface area contributed by atoms with Gasteiger partial charge in [0, 0.05) is 22.7 Å². The minimum absolute atomic E-state index is 0.213. The third kappa shape index (κ3) is 2.79. The van der Waals surface area contributed by atoms with Gasteiger partial charge in [0.1, 0.15) is 0 Å². The molecule has 1 aliphatic heterocycles. The Morgan fingerprint density at radius 3 is 3.08 bits per heavy atom. The summed E-state index contributed by atoms with van der Waals surface area (Å²) in [6.45, 7) is 4.34. The zero-order valence-electron chi connectivity index (χ0n) is 8.50. The molecule has 0 N–H and O–H groups in total. The van der Waals surface area contributed by atoms with E-state index in [0.29, 0.717) is 12.2 Å². The summed E-state index contributed by atoms with van der Waals surface area (Å²) in [4.78, 5) is 0. The Bertz CT molecular complexity index is 163. The Hall–Kier alpha value is 0.137. The Kier molecular flexibility index (Phi) is 3.41. The smallest absolute Gasteiger partial charge is 0.0845 e. The summed E-state index contributed by atoms with van der Waals surface area (Å²) in [5.41, 5.74) is 0. The van der Waals surface area contributed by atoms with E-state index >= 15 is 0 Å². The van der Waals surface area contributed by atoms with Crippen molar-refractivity contribution >= 4 is 9.52 Å². The van der Waals surface area contributed by atoms with Crippen molar-refractivity contribution in [3.63, 3.8) is 0 Å². The number of hydrogen-bond acceptors (Lipinski definition) is 2. The van der Waals surface area contributed by atoms with Crippen molar-refractivity contribution in [3.05, 3.63) is 0 Å². The van der Waals surface area contributed by atoms with E-state index in [2.05, 4.69) is 6.55 Å². The zero-order valence-corrected chi connectivity index (χ0v) is 9.91. The van der Waals surface area contributed by atoms with E-state index in [-0.39, 0.29) is 9.52 Å². The first kappa shape index (κ1) is 9.68. The standard InChI is InChI=1S/C10H20O2Si/c1-13-5-4-11-7-8-2-3-9-10(6-8)12-9/h8-10H,2-7,13H2,1H3. The SMILES string of the molecule is C[SiH2]CCOCC1CCC2OC2C1. The molecule has 1 saturated heterocycles. The van der Waals surface area contributed by atoms with Gasteiger partial charge < -0.3 is 9.47 Å². The first-order chi connectivity index (χ1) is 6.40. The second-order valence-electron chi connectivity index (χ2n) is 4.32. The van der Waals surface area contributed by atoms with Gasteiger partial charge in [-0.05, 0) is 31.2 Å². The molecule has 2 rings (SSSR count). The van der Waals surface area contributed by atoms with Crippen LogP contribution in [-0.4, -0.2) is 34.9 Å². The van der Waals surface area contributed by atoms with E-state index < -0.39 is 0 Å². The molecule has 0 spiro atoms. The third-order valence-corrected chi connectivity index (χ3v) is 4.10. The van der Waals surface area contributed by atoms with Crippen molar-refractivity contribution in [2.75, 3.05) is 13.2 Å². The monoisotopic (exact) mass is 200 g/mol. The molecular formula is C10H20O2Si. The van der Waals surface area contributed by atoms with E-state index in [9.17, 15) is 0 Å². The average Bonchev–Trinajstić information content (AvgIpc) is 2.90. The molecule has 3 unspecified atom stereocenters. The molecule has 2 fully saturated rings. The highest BCUT2D eigenvalue weighted by Gasteiger charge is 2.43. The van der Waals surface area contributed by atoms with Gasteiger partial charge in [-0.3, -0.25) is 0 Å². The van der Waals surface area contributed by atoms with E-state index in [1.165, 1.54) is 25.3 Å². The zero-order chi connectivity index (χ0) is 9.10. The maximum Gasteiger partial charge on any atom is 0.0845 e. The molecule has 0 aromatic carbocycles. The van der Waals surface area contributed by atoms with Crippen LogP contribution in [0.4, 0.5) is 0 Å². The number of rotatable bonds is 5. The largest absolute Gasteiger partial charge is 0.381 e. The predicted molar refractivity (Wildman–Crippen MR) is 56.0 cm³/mol. The summed E-state index contributed by atoms with van der Waals surface area (Å²) in [6, 6.07) is 1.34. The highest BCUT2D eigenvalue weighted by Crippen LogP contribution is 2.39. The average molecular weight is 200 g/mol. The van der Waals surface area contributed by atoms with Gasteiger partial charge in [0.25, 0.3) is 0 Å². The van der Waals surface area contributed by atoms with Gasteiger partial charge in [0.15, 0.2) is 0 Å². The summed E-state index contributed by atoms with van der Waals surface area (Å²) < 4.78 is 11.1. The predicted octanol–water partition coefficient (Wildman–Crippen LogP) is 1.21. The molecule has 3 heteroatoms. The van der Waals surface area contributed by atoms with Crippen molar-refractivity contribution in [2.45, 2.75) is 44.1 Å². The molecule has 2 aliphatic rings. The maximum absolute atomic E-state index is 5.66. The van der Waals surface area contributed by atoms with Crippen molar-refractivity contribution in [2.24, 2.45) is 5.92 Å². The molecule has 1 heterocycles. The Morgan fingerprint density at radius 1 is 1.38 bits per heavy atom. The topological polar surface area (TPSA) is 21.8 Å². The van der Waals surface area contributed by atoms with Crippen LogP contribution in [0, 0.1) is 5.92 Å². The van der Waals surface area contributed by atoms with Gasteiger partial charge in [0.05, 0.1) is 12.2 Å². The molecule has 0 bridgehead atoms. The second kappa shape index (κ2) is 4.58. The van der Waals surface area contributed by atoms with Crippen LogP contribution in [0.5, 0.6) is 0 Å². The molecule has 2 nitrogen and oxygen atoms in total. The summed E-state index contributed by atoms with van der Waals surface area (Å²) in [5.74, 6) is 0.794. The van der Waals surface area contributed by atoms with Crippen LogP contribution >= 0.6 is 0 Å². The fourth-order valence-electron chi connectivity index (χ4n) is 2.13. The molecule has 0 amide bonds. The Labute approximate surface area is 82.8 Å². The van der Waals surface area contributed by atoms with Gasteiger partial charge in [0.2, 0.25) is 0 Å². The van der Waals surface area contributed by atoms with Crippen LogP contribution in [0.1, 0.15) is 19.3 Å². The van der Waals surface area contributed by atoms with E-state index in [4.69, 9.17) is 9.47 Å². The normalized spacial score (nSPS) is 38.1. The lowest BCUT2D eigenvalue weighted by molar-refractivity contribution is 0.0980. The molecule has 13 heavy (non-hydrogen) atoms. The molecule has 0 aromatic rings. The summed E-state index contributed by atoms with van der Waals surface area (Å²) in [5, 5.41) is 0. The van der Waals surface area contributed by atoms with Crippen LogP contribution in [0.3, 0.4) is 0 Å². The molecular weight excluding hydrogens is 180 g/mol. The van der Waals surface area contributed by atoms with E-state index in [1.807, 2.05) is 0 Å². The molecule has 1 saturated carbocycles. The first-order valence-corrected chi connectivity index (χ1v) is 8.04. The number of ether oxygens (including phenoxy) is 2. The van der Waals surface area contributed by atoms with Gasteiger partial charge >= 0.3 is 0 Å². The Morgan fingerprint density at radius 2 is 2.31 bits per heavy atom. The van der Waals surface area contributed by atoms with Crippen molar-refractivity contribution in [1.82, 2.24) is 0 Å². The summed E-state index contributed by atoms with van der Waals surface area (Å²) >= 11 is 0. The minimum Gasteiger partial charge on any atom is -0.381 e. The van der Waals surface area contributed by atoms with Crippen molar-refractivity contribution < 1.29 is 9.47 Å². The highest BCUT2D eigenvalue weighted by atomic mass is 28.2. The van der Waals surface area contributed by atoms with Crippen molar-refractivity contribution in [3.8, 4) is 0 Å². The third-order valence-electron chi connectivity index (χ3n) is 3.11. The van der Waals surface area contributed by atoms with Gasteiger partial charge in [-0.1, -0.05) is 6.55 Å². The molecule has 1 aliphatic carbocycles. The fraction of sp³-hybridized carbons (Fsp3) is 1.00. The van der Waals surface area contributed by atoms with E-state index in [0.717, 1.165) is 19.1 Å².